The minimum atomic E-state index is -0.223. The van der Waals surface area contributed by atoms with Crippen molar-refractivity contribution in [1.82, 2.24) is 0 Å². The number of ether oxygens (including phenoxy) is 2. The predicted octanol–water partition coefficient (Wildman–Crippen LogP) is 1.89. The van der Waals surface area contributed by atoms with Gasteiger partial charge in [-0.2, -0.15) is 0 Å². The van der Waals surface area contributed by atoms with E-state index in [9.17, 15) is 9.59 Å². The molecule has 0 aromatic heterocycles. The second kappa shape index (κ2) is 6.92. The van der Waals surface area contributed by atoms with Crippen LogP contribution in [0.4, 0.5) is 11.4 Å². The summed E-state index contributed by atoms with van der Waals surface area (Å²) in [4.78, 5) is 25.9. The van der Waals surface area contributed by atoms with E-state index in [4.69, 9.17) is 14.6 Å². The number of anilines is 2. The van der Waals surface area contributed by atoms with E-state index in [1.807, 2.05) is 30.3 Å². The number of hydrogen-bond donors (Lipinski definition) is 2. The standard InChI is InChI=1S/C20H20N2O5/c1-22-16-8-14-13(12-4-2-3-5-17(12)26-7-6-23)9-19(24)21-15(14)10-18(16)27-11-20(22)25/h2-5,8,10,13,23H,6-7,9,11H2,1H3,(H,21,24). The average molecular weight is 368 g/mol. The average Bonchev–Trinajstić information content (AvgIpc) is 2.68. The molecule has 2 amide bonds. The highest BCUT2D eigenvalue weighted by Crippen LogP contribution is 2.45. The molecule has 0 aliphatic carbocycles. The third-order valence-corrected chi connectivity index (χ3v) is 4.90. The number of carbonyl (C=O) groups is 2. The molecule has 7 nitrogen and oxygen atoms in total. The fourth-order valence-electron chi connectivity index (χ4n) is 3.56. The lowest BCUT2D eigenvalue weighted by molar-refractivity contribution is -0.121. The Kier molecular flexibility index (Phi) is 4.45. The van der Waals surface area contributed by atoms with Gasteiger partial charge in [0.25, 0.3) is 5.91 Å². The lowest BCUT2D eigenvalue weighted by Crippen LogP contribution is -2.36. The number of likely N-dealkylation sites (N-methyl/N-ethyl adjacent to an activating group) is 1. The Hall–Kier alpha value is -3.06. The van der Waals surface area contributed by atoms with Crippen molar-refractivity contribution in [3.05, 3.63) is 47.5 Å². The van der Waals surface area contributed by atoms with Crippen LogP contribution in [0.15, 0.2) is 36.4 Å². The van der Waals surface area contributed by atoms with Gasteiger partial charge in [0, 0.05) is 36.7 Å². The van der Waals surface area contributed by atoms with Gasteiger partial charge in [-0.3, -0.25) is 9.59 Å². The van der Waals surface area contributed by atoms with E-state index in [1.165, 1.54) is 0 Å². The summed E-state index contributed by atoms with van der Waals surface area (Å²) >= 11 is 0. The van der Waals surface area contributed by atoms with Crippen LogP contribution in [-0.2, 0) is 9.59 Å². The van der Waals surface area contributed by atoms with Crippen molar-refractivity contribution < 1.29 is 24.2 Å². The van der Waals surface area contributed by atoms with Crippen LogP contribution in [0.1, 0.15) is 23.5 Å². The van der Waals surface area contributed by atoms with Crippen LogP contribution in [0.2, 0.25) is 0 Å². The highest BCUT2D eigenvalue weighted by molar-refractivity contribution is 6.00. The van der Waals surface area contributed by atoms with Gasteiger partial charge in [-0.15, -0.1) is 0 Å². The Morgan fingerprint density at radius 2 is 2.07 bits per heavy atom. The first-order valence-corrected chi connectivity index (χ1v) is 8.78. The molecular weight excluding hydrogens is 348 g/mol. The van der Waals surface area contributed by atoms with Gasteiger partial charge in [-0.1, -0.05) is 18.2 Å². The molecule has 2 aromatic rings. The van der Waals surface area contributed by atoms with Gasteiger partial charge in [0.05, 0.1) is 12.3 Å². The number of carbonyl (C=O) groups excluding carboxylic acids is 2. The van der Waals surface area contributed by atoms with E-state index in [1.54, 1.807) is 18.0 Å². The first-order valence-electron chi connectivity index (χ1n) is 8.78. The summed E-state index contributed by atoms with van der Waals surface area (Å²) in [7, 11) is 1.71. The minimum Gasteiger partial charge on any atom is -0.491 e. The number of nitrogens with one attached hydrogen (secondary N) is 1. The molecule has 2 N–H and O–H groups in total. The zero-order valence-corrected chi connectivity index (χ0v) is 14.9. The zero-order chi connectivity index (χ0) is 19.0. The number of aliphatic hydroxyl groups is 1. The van der Waals surface area contributed by atoms with Crippen LogP contribution in [0, 0.1) is 0 Å². The first-order chi connectivity index (χ1) is 13.1. The highest BCUT2D eigenvalue weighted by atomic mass is 16.5. The summed E-state index contributed by atoms with van der Waals surface area (Å²) in [6, 6.07) is 11.2. The number of hydrogen-bond acceptors (Lipinski definition) is 5. The highest BCUT2D eigenvalue weighted by Gasteiger charge is 2.32. The number of aliphatic hydroxyl groups excluding tert-OH is 1. The van der Waals surface area contributed by atoms with Crippen molar-refractivity contribution in [3.8, 4) is 11.5 Å². The fraction of sp³-hybridized carbons (Fsp3) is 0.300. The van der Waals surface area contributed by atoms with Crippen molar-refractivity contribution in [3.63, 3.8) is 0 Å². The summed E-state index contributed by atoms with van der Waals surface area (Å²) in [6.45, 7) is 0.0728. The van der Waals surface area contributed by atoms with Crippen LogP contribution >= 0.6 is 0 Å². The Morgan fingerprint density at radius 3 is 2.89 bits per heavy atom. The van der Waals surface area contributed by atoms with Gasteiger partial charge in [-0.25, -0.2) is 0 Å². The minimum absolute atomic E-state index is 0.0164. The van der Waals surface area contributed by atoms with Crippen LogP contribution < -0.4 is 19.7 Å². The molecule has 4 rings (SSSR count). The van der Waals surface area contributed by atoms with E-state index in [0.29, 0.717) is 22.9 Å². The maximum Gasteiger partial charge on any atom is 0.264 e. The SMILES string of the molecule is CN1C(=O)COc2cc3c(cc21)C(c1ccccc1OCCO)CC(=O)N3. The Morgan fingerprint density at radius 1 is 1.26 bits per heavy atom. The van der Waals surface area contributed by atoms with Crippen molar-refractivity contribution in [2.24, 2.45) is 0 Å². The van der Waals surface area contributed by atoms with E-state index in [0.717, 1.165) is 11.1 Å². The molecule has 1 atom stereocenters. The molecule has 2 aromatic carbocycles. The lowest BCUT2D eigenvalue weighted by atomic mass is 9.83. The quantitative estimate of drug-likeness (QED) is 0.860. The third-order valence-electron chi connectivity index (χ3n) is 4.90. The number of rotatable bonds is 4. The maximum absolute atomic E-state index is 12.3. The number of benzene rings is 2. The maximum atomic E-state index is 12.3. The first kappa shape index (κ1) is 17.4. The van der Waals surface area contributed by atoms with Gasteiger partial charge in [0.15, 0.2) is 6.61 Å². The molecule has 2 aliphatic heterocycles. The van der Waals surface area contributed by atoms with Crippen LogP contribution in [0.5, 0.6) is 11.5 Å². The van der Waals surface area contributed by atoms with Crippen LogP contribution in [0.3, 0.4) is 0 Å². The summed E-state index contributed by atoms with van der Waals surface area (Å²) in [5, 5.41) is 12.0. The van der Waals surface area contributed by atoms with Gasteiger partial charge >= 0.3 is 0 Å². The molecule has 2 heterocycles. The second-order valence-corrected chi connectivity index (χ2v) is 6.56. The number of para-hydroxylation sites is 1. The number of amides is 2. The molecule has 0 bridgehead atoms. The molecule has 2 aliphatic rings. The van der Waals surface area contributed by atoms with E-state index < -0.39 is 0 Å². The zero-order valence-electron chi connectivity index (χ0n) is 14.9. The molecule has 0 saturated carbocycles. The van der Waals surface area contributed by atoms with Crippen LogP contribution in [-0.4, -0.2) is 43.8 Å². The summed E-state index contributed by atoms with van der Waals surface area (Å²) in [5.41, 5.74) is 3.13. The molecule has 1 unspecified atom stereocenters. The Balaban J connectivity index is 1.82. The lowest BCUT2D eigenvalue weighted by Gasteiger charge is -2.32. The van der Waals surface area contributed by atoms with Crippen molar-refractivity contribution in [2.45, 2.75) is 12.3 Å². The molecule has 0 spiro atoms. The number of nitrogens with zero attached hydrogens (tertiary/aromatic N) is 1. The molecule has 27 heavy (non-hydrogen) atoms. The molecule has 7 heteroatoms. The molecule has 0 fully saturated rings. The van der Waals surface area contributed by atoms with E-state index >= 15 is 0 Å². The fourth-order valence-corrected chi connectivity index (χ4v) is 3.56. The van der Waals surface area contributed by atoms with Gasteiger partial charge < -0.3 is 24.8 Å². The van der Waals surface area contributed by atoms with Crippen molar-refractivity contribution >= 4 is 23.2 Å². The van der Waals surface area contributed by atoms with Crippen molar-refractivity contribution in [2.75, 3.05) is 37.1 Å². The largest absolute Gasteiger partial charge is 0.491 e. The van der Waals surface area contributed by atoms with E-state index in [2.05, 4.69) is 5.32 Å². The summed E-state index contributed by atoms with van der Waals surface area (Å²) in [6.07, 6.45) is 0.268. The predicted molar refractivity (Wildman–Crippen MR) is 99.5 cm³/mol. The monoisotopic (exact) mass is 368 g/mol. The second-order valence-electron chi connectivity index (χ2n) is 6.56. The van der Waals surface area contributed by atoms with Crippen LogP contribution in [0.25, 0.3) is 0 Å². The molecular formula is C20H20N2O5. The van der Waals surface area contributed by atoms with Gasteiger partial charge in [-0.05, 0) is 17.7 Å². The van der Waals surface area contributed by atoms with Gasteiger partial charge in [0.1, 0.15) is 18.1 Å². The third kappa shape index (κ3) is 3.10. The Labute approximate surface area is 156 Å². The van der Waals surface area contributed by atoms with Gasteiger partial charge in [0.2, 0.25) is 5.91 Å². The van der Waals surface area contributed by atoms with E-state index in [-0.39, 0.29) is 44.0 Å². The summed E-state index contributed by atoms with van der Waals surface area (Å²) < 4.78 is 11.2. The Bertz CT molecular complexity index is 911. The van der Waals surface area contributed by atoms with Crippen molar-refractivity contribution in [1.29, 1.82) is 0 Å². The molecule has 0 radical (unpaired) electrons. The summed E-state index contributed by atoms with van der Waals surface area (Å²) in [5.74, 6) is 0.770. The normalized spacial score (nSPS) is 18.3. The molecule has 0 saturated heterocycles. The number of fused-ring (bicyclic) bond motifs is 2. The molecule has 140 valence electrons. The smallest absolute Gasteiger partial charge is 0.264 e. The topological polar surface area (TPSA) is 88.1 Å².